The van der Waals surface area contributed by atoms with Crippen LogP contribution in [0.25, 0.3) is 0 Å². The number of carbonyl (C=O) groups is 1. The van der Waals surface area contributed by atoms with Crippen molar-refractivity contribution in [1.82, 2.24) is 9.91 Å². The Morgan fingerprint density at radius 3 is 1.94 bits per heavy atom. The quantitative estimate of drug-likeness (QED) is 0.463. The summed E-state index contributed by atoms with van der Waals surface area (Å²) in [6.07, 6.45) is 0.217. The van der Waals surface area contributed by atoms with Crippen LogP contribution in [0.4, 0.5) is 10.5 Å². The van der Waals surface area contributed by atoms with Gasteiger partial charge in [0, 0.05) is 17.6 Å². The molecule has 2 aromatic rings. The third kappa shape index (κ3) is 6.98. The number of hydrogen-bond acceptors (Lipinski definition) is 5. The van der Waals surface area contributed by atoms with Crippen LogP contribution in [-0.4, -0.2) is 59.5 Å². The van der Waals surface area contributed by atoms with E-state index in [4.69, 9.17) is 14.6 Å². The Morgan fingerprint density at radius 1 is 0.943 bits per heavy atom. The second-order valence-corrected chi connectivity index (χ2v) is 9.45. The fourth-order valence-electron chi connectivity index (χ4n) is 4.41. The minimum atomic E-state index is -0.242. The monoisotopic (exact) mass is 480 g/mol. The number of amides is 2. The molecule has 0 saturated heterocycles. The van der Waals surface area contributed by atoms with Crippen LogP contribution in [-0.2, 0) is 0 Å². The van der Waals surface area contributed by atoms with Crippen molar-refractivity contribution in [1.29, 1.82) is 0 Å². The van der Waals surface area contributed by atoms with Crippen molar-refractivity contribution in [3.05, 3.63) is 54.1 Å². The average Bonchev–Trinajstić information content (AvgIpc) is 3.26. The van der Waals surface area contributed by atoms with Gasteiger partial charge < -0.3 is 19.7 Å². The number of hydrogen-bond donors (Lipinski definition) is 1. The summed E-state index contributed by atoms with van der Waals surface area (Å²) >= 11 is 0. The van der Waals surface area contributed by atoms with E-state index in [1.165, 1.54) is 0 Å². The molecular weight excluding hydrogens is 440 g/mol. The lowest BCUT2D eigenvalue weighted by Crippen LogP contribution is -2.43. The van der Waals surface area contributed by atoms with Crippen LogP contribution in [0.5, 0.6) is 11.5 Å². The molecule has 1 heterocycles. The first-order chi connectivity index (χ1) is 16.7. The molecule has 2 amide bonds. The van der Waals surface area contributed by atoms with Gasteiger partial charge in [0.15, 0.2) is 0 Å². The topological polar surface area (TPSA) is 66.4 Å². The summed E-state index contributed by atoms with van der Waals surface area (Å²) in [7, 11) is 0. The normalized spacial score (nSPS) is 16.6. The predicted octanol–water partition coefficient (Wildman–Crippen LogP) is 5.86. The minimum absolute atomic E-state index is 0.0966. The molecule has 7 heteroatoms. The Bertz CT molecular complexity index is 982. The van der Waals surface area contributed by atoms with Gasteiger partial charge in [0.2, 0.25) is 0 Å². The maximum Gasteiger partial charge on any atom is 0.342 e. The Kier molecular flexibility index (Phi) is 9.15. The number of benzene rings is 2. The summed E-state index contributed by atoms with van der Waals surface area (Å²) in [4.78, 5) is 15.6. The average molecular weight is 481 g/mol. The summed E-state index contributed by atoms with van der Waals surface area (Å²) in [5, 5.41) is 9.33. The van der Waals surface area contributed by atoms with Crippen LogP contribution < -0.4 is 14.8 Å². The molecular formula is C28H40N4O3. The largest absolute Gasteiger partial charge is 0.491 e. The SMILES string of the molecule is CCN(CC)C(C)[C@H]1CN(C(=O)Nc2ccc(OC(C)C)cc2)N=C1c1ccc(OC(C)C)cc1. The highest BCUT2D eigenvalue weighted by Crippen LogP contribution is 2.27. The predicted molar refractivity (Wildman–Crippen MR) is 143 cm³/mol. The van der Waals surface area contributed by atoms with E-state index < -0.39 is 0 Å². The van der Waals surface area contributed by atoms with Crippen molar-refractivity contribution in [3.63, 3.8) is 0 Å². The lowest BCUT2D eigenvalue weighted by molar-refractivity contribution is 0.178. The Balaban J connectivity index is 1.81. The number of hydrazone groups is 1. The number of carbonyl (C=O) groups excluding carboxylic acids is 1. The highest BCUT2D eigenvalue weighted by molar-refractivity contribution is 6.05. The molecule has 0 radical (unpaired) electrons. The molecule has 1 aliphatic rings. The van der Waals surface area contributed by atoms with E-state index in [0.717, 1.165) is 35.9 Å². The highest BCUT2D eigenvalue weighted by atomic mass is 16.5. The molecule has 0 spiro atoms. The molecule has 7 nitrogen and oxygen atoms in total. The van der Waals surface area contributed by atoms with Crippen LogP contribution in [0, 0.1) is 5.92 Å². The lowest BCUT2D eigenvalue weighted by Gasteiger charge is -2.31. The Hall–Kier alpha value is -3.06. The molecule has 1 aliphatic heterocycles. The van der Waals surface area contributed by atoms with Crippen molar-refractivity contribution < 1.29 is 14.3 Å². The zero-order valence-corrected chi connectivity index (χ0v) is 22.1. The Morgan fingerprint density at radius 2 is 1.46 bits per heavy atom. The van der Waals surface area contributed by atoms with E-state index in [0.29, 0.717) is 12.2 Å². The van der Waals surface area contributed by atoms with Gasteiger partial charge in [-0.25, -0.2) is 9.80 Å². The smallest absolute Gasteiger partial charge is 0.342 e. The van der Waals surface area contributed by atoms with Crippen LogP contribution in [0.2, 0.25) is 0 Å². The van der Waals surface area contributed by atoms with Gasteiger partial charge in [-0.1, -0.05) is 13.8 Å². The number of ether oxygens (including phenoxy) is 2. The number of nitrogens with zero attached hydrogens (tertiary/aromatic N) is 3. The molecule has 2 aromatic carbocycles. The van der Waals surface area contributed by atoms with Crippen molar-refractivity contribution in [2.75, 3.05) is 25.0 Å². The van der Waals surface area contributed by atoms with Crippen molar-refractivity contribution in [2.24, 2.45) is 11.0 Å². The van der Waals surface area contributed by atoms with Gasteiger partial charge in [-0.05, 0) is 102 Å². The number of nitrogens with one attached hydrogen (secondary N) is 1. The lowest BCUT2D eigenvalue weighted by atomic mass is 9.90. The van der Waals surface area contributed by atoms with Gasteiger partial charge in [0.25, 0.3) is 0 Å². The molecule has 0 bridgehead atoms. The molecule has 2 atom stereocenters. The van der Waals surface area contributed by atoms with Crippen molar-refractivity contribution in [3.8, 4) is 11.5 Å². The summed E-state index contributed by atoms with van der Waals surface area (Å²) in [6.45, 7) is 17.0. The van der Waals surface area contributed by atoms with Crippen molar-refractivity contribution in [2.45, 2.75) is 66.7 Å². The van der Waals surface area contributed by atoms with E-state index in [1.807, 2.05) is 76.2 Å². The number of anilines is 1. The van der Waals surface area contributed by atoms with Crippen LogP contribution in [0.3, 0.4) is 0 Å². The zero-order valence-electron chi connectivity index (χ0n) is 22.1. The molecule has 0 saturated carbocycles. The molecule has 1 N–H and O–H groups in total. The summed E-state index contributed by atoms with van der Waals surface area (Å²) in [6, 6.07) is 15.4. The van der Waals surface area contributed by atoms with Gasteiger partial charge in [0.05, 0.1) is 24.5 Å². The second kappa shape index (κ2) is 12.1. The third-order valence-electron chi connectivity index (χ3n) is 6.15. The second-order valence-electron chi connectivity index (χ2n) is 9.45. The molecule has 190 valence electrons. The minimum Gasteiger partial charge on any atom is -0.491 e. The summed E-state index contributed by atoms with van der Waals surface area (Å²) in [5.74, 6) is 1.70. The molecule has 35 heavy (non-hydrogen) atoms. The van der Waals surface area contributed by atoms with Crippen molar-refractivity contribution >= 4 is 17.4 Å². The maximum absolute atomic E-state index is 13.1. The van der Waals surface area contributed by atoms with Crippen LogP contribution in [0.15, 0.2) is 53.6 Å². The van der Waals surface area contributed by atoms with E-state index in [2.05, 4.69) is 31.0 Å². The van der Waals surface area contributed by atoms with E-state index >= 15 is 0 Å². The van der Waals surface area contributed by atoms with E-state index in [-0.39, 0.29) is 30.2 Å². The molecule has 1 unspecified atom stereocenters. The van der Waals surface area contributed by atoms with Crippen LogP contribution >= 0.6 is 0 Å². The summed E-state index contributed by atoms with van der Waals surface area (Å²) in [5.41, 5.74) is 2.64. The fraction of sp³-hybridized carbons (Fsp3) is 0.500. The molecule has 0 fully saturated rings. The van der Waals surface area contributed by atoms with Gasteiger partial charge in [-0.3, -0.25) is 0 Å². The van der Waals surface area contributed by atoms with Crippen LogP contribution in [0.1, 0.15) is 54.0 Å². The van der Waals surface area contributed by atoms with Gasteiger partial charge in [0.1, 0.15) is 11.5 Å². The maximum atomic E-state index is 13.1. The molecule has 3 rings (SSSR count). The van der Waals surface area contributed by atoms with Gasteiger partial charge in [-0.2, -0.15) is 5.10 Å². The van der Waals surface area contributed by atoms with E-state index in [9.17, 15) is 4.79 Å². The fourth-order valence-corrected chi connectivity index (χ4v) is 4.41. The third-order valence-corrected chi connectivity index (χ3v) is 6.15. The molecule has 0 aliphatic carbocycles. The highest BCUT2D eigenvalue weighted by Gasteiger charge is 2.36. The Labute approximate surface area is 210 Å². The first-order valence-electron chi connectivity index (χ1n) is 12.7. The van der Waals surface area contributed by atoms with E-state index in [1.54, 1.807) is 5.01 Å². The zero-order chi connectivity index (χ0) is 25.5. The summed E-state index contributed by atoms with van der Waals surface area (Å²) < 4.78 is 11.5. The first-order valence-corrected chi connectivity index (χ1v) is 12.7. The number of urea groups is 1. The standard InChI is InChI=1S/C28H40N4O3/c1-8-31(9-2)21(7)26-18-32(28(33)29-23-12-16-25(17-13-23)35-20(5)6)30-27(26)22-10-14-24(15-11-22)34-19(3)4/h10-17,19-21,26H,8-9,18H2,1-7H3,(H,29,33)/t21?,26-/m1/s1. The molecule has 0 aromatic heterocycles. The van der Waals surface area contributed by atoms with Gasteiger partial charge in [-0.15, -0.1) is 0 Å². The van der Waals surface area contributed by atoms with Gasteiger partial charge >= 0.3 is 6.03 Å². The number of rotatable bonds is 10. The first kappa shape index (κ1) is 26.5.